The number of nitrogens with zero attached hydrogens (tertiary/aromatic N) is 2. The Labute approximate surface area is 145 Å². The van der Waals surface area contributed by atoms with Crippen LogP contribution in [-0.2, 0) is 6.42 Å². The van der Waals surface area contributed by atoms with Crippen molar-refractivity contribution in [2.45, 2.75) is 12.6 Å². The first-order valence-corrected chi connectivity index (χ1v) is 8.50. The second kappa shape index (κ2) is 5.02. The molecule has 0 bridgehead atoms. The van der Waals surface area contributed by atoms with Gasteiger partial charge >= 0.3 is 0 Å². The number of fused-ring (bicyclic) bond motifs is 6. The topological polar surface area (TPSA) is 48.6 Å². The minimum Gasteiger partial charge on any atom is -0.497 e. The van der Waals surface area contributed by atoms with Crippen molar-refractivity contribution in [2.75, 3.05) is 25.6 Å². The largest absolute Gasteiger partial charge is 0.497 e. The minimum atomic E-state index is -0.0930. The molecule has 0 aliphatic carbocycles. The molecule has 1 N–H and O–H groups in total. The minimum absolute atomic E-state index is 0.0930. The summed E-state index contributed by atoms with van der Waals surface area (Å²) in [7, 11) is 3.75. The highest BCUT2D eigenvalue weighted by molar-refractivity contribution is 6.02. The molecule has 126 valence electrons. The Hall–Kier alpha value is -2.95. The zero-order valence-electron chi connectivity index (χ0n) is 14.2. The number of methoxy groups -OCH3 is 1. The molecule has 25 heavy (non-hydrogen) atoms. The average molecular weight is 333 g/mol. The van der Waals surface area contributed by atoms with Gasteiger partial charge < -0.3 is 19.5 Å². The summed E-state index contributed by atoms with van der Waals surface area (Å²) < 4.78 is 5.39. The van der Waals surface area contributed by atoms with Crippen LogP contribution in [0.4, 0.5) is 5.69 Å². The molecule has 3 aromatic rings. The van der Waals surface area contributed by atoms with Crippen LogP contribution in [0.15, 0.2) is 42.5 Å². The molecular weight excluding hydrogens is 314 g/mol. The third kappa shape index (κ3) is 1.86. The van der Waals surface area contributed by atoms with Gasteiger partial charge in [-0.1, -0.05) is 12.1 Å². The predicted molar refractivity (Wildman–Crippen MR) is 97.2 cm³/mol. The maximum Gasteiger partial charge on any atom is 0.257 e. The molecule has 0 saturated carbocycles. The quantitative estimate of drug-likeness (QED) is 0.743. The number of para-hydroxylation sites is 1. The van der Waals surface area contributed by atoms with Gasteiger partial charge in [-0.2, -0.15) is 0 Å². The molecule has 2 aliphatic rings. The number of ether oxygens (including phenoxy) is 1. The van der Waals surface area contributed by atoms with Crippen LogP contribution in [0, 0.1) is 0 Å². The zero-order valence-corrected chi connectivity index (χ0v) is 14.2. The van der Waals surface area contributed by atoms with Gasteiger partial charge in [0.25, 0.3) is 5.91 Å². The standard InChI is InChI=1S/C20H19N3O2/c1-22-17-6-4-3-5-14(17)20(24)23-10-9-13-15-11-12(25-2)7-8-16(15)21-18(13)19(22)23/h3-8,11,19,21H,9-10H2,1-2H3/t19-/m0/s1. The number of hydrogen-bond acceptors (Lipinski definition) is 3. The van der Waals surface area contributed by atoms with Crippen molar-refractivity contribution in [2.24, 2.45) is 0 Å². The molecule has 0 radical (unpaired) electrons. The van der Waals surface area contributed by atoms with Gasteiger partial charge in [0.15, 0.2) is 0 Å². The van der Waals surface area contributed by atoms with Crippen LogP contribution in [-0.4, -0.2) is 36.5 Å². The molecule has 0 fully saturated rings. The molecule has 2 aliphatic heterocycles. The smallest absolute Gasteiger partial charge is 0.257 e. The number of anilines is 1. The molecule has 0 saturated heterocycles. The van der Waals surface area contributed by atoms with E-state index in [9.17, 15) is 4.79 Å². The number of aromatic nitrogens is 1. The van der Waals surface area contributed by atoms with Crippen molar-refractivity contribution < 1.29 is 9.53 Å². The van der Waals surface area contributed by atoms with Crippen molar-refractivity contribution >= 4 is 22.5 Å². The van der Waals surface area contributed by atoms with Gasteiger partial charge in [0.2, 0.25) is 0 Å². The molecular formula is C20H19N3O2. The highest BCUT2D eigenvalue weighted by atomic mass is 16.5. The van der Waals surface area contributed by atoms with Crippen LogP contribution >= 0.6 is 0 Å². The van der Waals surface area contributed by atoms with Crippen LogP contribution in [0.25, 0.3) is 10.9 Å². The first-order chi connectivity index (χ1) is 12.2. The fraction of sp³-hybridized carbons (Fsp3) is 0.250. The molecule has 0 spiro atoms. The molecule has 2 aromatic carbocycles. The van der Waals surface area contributed by atoms with Gasteiger partial charge in [-0.3, -0.25) is 4.79 Å². The van der Waals surface area contributed by atoms with Gasteiger partial charge in [0, 0.05) is 24.5 Å². The van der Waals surface area contributed by atoms with Crippen LogP contribution in [0.1, 0.15) is 27.8 Å². The second-order valence-electron chi connectivity index (χ2n) is 6.68. The highest BCUT2D eigenvalue weighted by Crippen LogP contribution is 2.43. The Morgan fingerprint density at radius 3 is 2.88 bits per heavy atom. The number of carbonyl (C=O) groups excluding carboxylic acids is 1. The SMILES string of the molecule is COc1ccc2[nH]c3c(c2c1)CCN1C(=O)c2ccccc2N(C)[C@H]31. The fourth-order valence-electron chi connectivity index (χ4n) is 4.24. The van der Waals surface area contributed by atoms with Crippen molar-refractivity contribution in [1.82, 2.24) is 9.88 Å². The summed E-state index contributed by atoms with van der Waals surface area (Å²) in [6, 6.07) is 13.9. The predicted octanol–water partition coefficient (Wildman–Crippen LogP) is 3.32. The fourth-order valence-corrected chi connectivity index (χ4v) is 4.24. The van der Waals surface area contributed by atoms with Gasteiger partial charge in [-0.15, -0.1) is 0 Å². The van der Waals surface area contributed by atoms with E-state index < -0.39 is 0 Å². The Morgan fingerprint density at radius 2 is 2.04 bits per heavy atom. The molecule has 0 unspecified atom stereocenters. The number of carbonyl (C=O) groups is 1. The Balaban J connectivity index is 1.71. The van der Waals surface area contributed by atoms with Crippen LogP contribution < -0.4 is 9.64 Å². The first-order valence-electron chi connectivity index (χ1n) is 8.50. The second-order valence-corrected chi connectivity index (χ2v) is 6.68. The number of H-pyrrole nitrogens is 1. The maximum absolute atomic E-state index is 13.0. The lowest BCUT2D eigenvalue weighted by Crippen LogP contribution is -2.51. The van der Waals surface area contributed by atoms with Crippen molar-refractivity contribution in [1.29, 1.82) is 0 Å². The summed E-state index contributed by atoms with van der Waals surface area (Å²) in [5, 5.41) is 1.19. The number of amides is 1. The van der Waals surface area contributed by atoms with E-state index in [2.05, 4.69) is 29.1 Å². The third-order valence-corrected chi connectivity index (χ3v) is 5.44. The molecule has 5 rings (SSSR count). The summed E-state index contributed by atoms with van der Waals surface area (Å²) in [6.45, 7) is 0.722. The van der Waals surface area contributed by atoms with E-state index in [0.717, 1.165) is 41.2 Å². The Morgan fingerprint density at radius 1 is 1.20 bits per heavy atom. The lowest BCUT2D eigenvalue weighted by molar-refractivity contribution is 0.0634. The summed E-state index contributed by atoms with van der Waals surface area (Å²) in [4.78, 5) is 20.7. The van der Waals surface area contributed by atoms with E-state index in [1.165, 1.54) is 10.9 Å². The molecule has 3 heterocycles. The van der Waals surface area contributed by atoms with Crippen molar-refractivity contribution in [3.63, 3.8) is 0 Å². The normalized spacial score (nSPS) is 18.8. The molecule has 1 amide bonds. The van der Waals surface area contributed by atoms with Crippen molar-refractivity contribution in [3.05, 3.63) is 59.3 Å². The van der Waals surface area contributed by atoms with Gasteiger partial charge in [0.1, 0.15) is 11.9 Å². The number of aromatic amines is 1. The lowest BCUT2D eigenvalue weighted by Gasteiger charge is -2.46. The summed E-state index contributed by atoms with van der Waals surface area (Å²) >= 11 is 0. The van der Waals surface area contributed by atoms with E-state index in [-0.39, 0.29) is 12.1 Å². The number of rotatable bonds is 1. The number of hydrogen-bond donors (Lipinski definition) is 1. The van der Waals surface area contributed by atoms with E-state index >= 15 is 0 Å². The van der Waals surface area contributed by atoms with Gasteiger partial charge in [-0.05, 0) is 42.3 Å². The van der Waals surface area contributed by atoms with E-state index in [1.54, 1.807) is 7.11 Å². The number of nitrogens with one attached hydrogen (secondary N) is 1. The van der Waals surface area contributed by atoms with E-state index in [0.29, 0.717) is 0 Å². The summed E-state index contributed by atoms with van der Waals surface area (Å²) in [5.74, 6) is 0.968. The van der Waals surface area contributed by atoms with Gasteiger partial charge in [0.05, 0.1) is 24.1 Å². The van der Waals surface area contributed by atoms with E-state index in [1.807, 2.05) is 35.2 Å². The first kappa shape index (κ1) is 14.4. The van der Waals surface area contributed by atoms with Crippen molar-refractivity contribution in [3.8, 4) is 5.75 Å². The molecule has 1 atom stereocenters. The zero-order chi connectivity index (χ0) is 17.1. The highest BCUT2D eigenvalue weighted by Gasteiger charge is 2.41. The Kier molecular flexibility index (Phi) is 2.89. The molecule has 1 aromatic heterocycles. The molecule has 5 heteroatoms. The average Bonchev–Trinajstić information content (AvgIpc) is 3.03. The Bertz CT molecular complexity index is 1010. The van der Waals surface area contributed by atoms with Crippen LogP contribution in [0.2, 0.25) is 0 Å². The summed E-state index contributed by atoms with van der Waals surface area (Å²) in [6.07, 6.45) is 0.755. The maximum atomic E-state index is 13.0. The monoisotopic (exact) mass is 333 g/mol. The van der Waals surface area contributed by atoms with Crippen LogP contribution in [0.3, 0.4) is 0 Å². The van der Waals surface area contributed by atoms with Crippen LogP contribution in [0.5, 0.6) is 5.75 Å². The summed E-state index contributed by atoms with van der Waals surface area (Å²) in [5.41, 5.74) is 5.25. The third-order valence-electron chi connectivity index (χ3n) is 5.44. The van der Waals surface area contributed by atoms with E-state index in [4.69, 9.17) is 4.74 Å². The van der Waals surface area contributed by atoms with Gasteiger partial charge in [-0.25, -0.2) is 0 Å². The lowest BCUT2D eigenvalue weighted by atomic mass is 9.96. The number of benzene rings is 2. The molecule has 5 nitrogen and oxygen atoms in total.